The quantitative estimate of drug-likeness (QED) is 0.245. The van der Waals surface area contributed by atoms with Gasteiger partial charge < -0.3 is 46.0 Å². The maximum Gasteiger partial charge on any atom is 2.00 e. The van der Waals surface area contributed by atoms with E-state index in [9.17, 15) is 0 Å². The Kier molecular flexibility index (Phi) is 71.7. The SMILES string of the molecule is O=[N+]([O-])[O-].O=[N+]([O-])[O-].O=[N+]([O-])[O-].[Co].[Li+].[Ni+2]. The summed E-state index contributed by atoms with van der Waals surface area (Å²) in [6.07, 6.45) is 0. The second-order valence-corrected chi connectivity index (χ2v) is 0.671. The van der Waals surface area contributed by atoms with Crippen molar-refractivity contribution in [3.8, 4) is 0 Å². The molecule has 0 fully saturated rings. The summed E-state index contributed by atoms with van der Waals surface area (Å²) in [6.45, 7) is 0. The molecule has 0 spiro atoms. The van der Waals surface area contributed by atoms with Crippen LogP contribution in [0.1, 0.15) is 0 Å². The van der Waals surface area contributed by atoms with Crippen molar-refractivity contribution in [2.75, 3.05) is 0 Å². The van der Waals surface area contributed by atoms with Crippen LogP contribution in [-0.2, 0) is 33.3 Å². The van der Waals surface area contributed by atoms with E-state index in [0.29, 0.717) is 0 Å². The molecule has 0 amide bonds. The van der Waals surface area contributed by atoms with Crippen molar-refractivity contribution in [1.29, 1.82) is 0 Å². The van der Waals surface area contributed by atoms with E-state index in [1.165, 1.54) is 0 Å². The minimum Gasteiger partial charge on any atom is -0.356 e. The van der Waals surface area contributed by atoms with E-state index in [1.54, 1.807) is 0 Å². The van der Waals surface area contributed by atoms with Crippen LogP contribution in [0.15, 0.2) is 0 Å². The first-order chi connectivity index (χ1) is 5.20. The van der Waals surface area contributed by atoms with Gasteiger partial charge in [-0.1, -0.05) is 0 Å². The predicted molar refractivity (Wildman–Crippen MR) is 31.1 cm³/mol. The topological polar surface area (TPSA) is 199 Å². The van der Waals surface area contributed by atoms with Gasteiger partial charge in [-0.25, -0.2) is 0 Å². The normalized spacial score (nSPS) is 4.80. The molecule has 0 aromatic carbocycles. The Morgan fingerprint density at radius 2 is 0.600 bits per heavy atom. The molecule has 0 rings (SSSR count). The molecule has 15 heteroatoms. The van der Waals surface area contributed by atoms with Crippen molar-refractivity contribution in [3.63, 3.8) is 0 Å². The van der Waals surface area contributed by atoms with E-state index >= 15 is 0 Å². The zero-order valence-corrected chi connectivity index (χ0v) is 8.69. The van der Waals surface area contributed by atoms with Gasteiger partial charge in [0.15, 0.2) is 0 Å². The van der Waals surface area contributed by atoms with Crippen LogP contribution in [0.5, 0.6) is 0 Å². The Morgan fingerprint density at radius 3 is 0.600 bits per heavy atom. The Bertz CT molecular complexity index is 123. The molecule has 0 atom stereocenters. The van der Waals surface area contributed by atoms with Gasteiger partial charge in [-0.15, -0.1) is 0 Å². The van der Waals surface area contributed by atoms with Gasteiger partial charge in [0.25, 0.3) is 0 Å². The molecule has 0 unspecified atom stereocenters. The van der Waals surface area contributed by atoms with Crippen molar-refractivity contribution in [1.82, 2.24) is 0 Å². The Hall–Kier alpha value is -0.803. The monoisotopic (exact) mass is 310 g/mol. The fourth-order valence-electron chi connectivity index (χ4n) is 0. The van der Waals surface area contributed by atoms with Gasteiger partial charge in [0.1, 0.15) is 0 Å². The molecule has 0 saturated carbocycles. The van der Waals surface area contributed by atoms with E-state index < -0.39 is 15.3 Å². The minimum atomic E-state index is -1.75. The maximum atomic E-state index is 8.25. The van der Waals surface area contributed by atoms with Crippen LogP contribution < -0.4 is 18.9 Å². The summed E-state index contributed by atoms with van der Waals surface area (Å²) >= 11 is 0. The molecule has 15 heavy (non-hydrogen) atoms. The molecule has 89 valence electrons. The van der Waals surface area contributed by atoms with Crippen LogP contribution in [0.2, 0.25) is 0 Å². The van der Waals surface area contributed by atoms with Crippen LogP contribution in [0, 0.1) is 46.0 Å². The molecule has 0 saturated heterocycles. The van der Waals surface area contributed by atoms with Crippen molar-refractivity contribution in [3.05, 3.63) is 46.0 Å². The Morgan fingerprint density at radius 1 is 0.600 bits per heavy atom. The number of rotatable bonds is 0. The first-order valence-corrected chi connectivity index (χ1v) is 1.64. The molecule has 0 aliphatic rings. The molecule has 0 aliphatic carbocycles. The van der Waals surface area contributed by atoms with E-state index in [-0.39, 0.29) is 52.1 Å². The van der Waals surface area contributed by atoms with E-state index in [1.807, 2.05) is 0 Å². The summed E-state index contributed by atoms with van der Waals surface area (Å²) < 4.78 is 0. The average molecular weight is 311 g/mol. The van der Waals surface area contributed by atoms with Crippen LogP contribution in [-0.4, -0.2) is 15.3 Å². The standard InChI is InChI=1S/Co.Li.3NO3.Ni/c;;3*2-1(3)4;/q;+1;3*-1;+2. The minimum absolute atomic E-state index is 0. The molecular weight excluding hydrogens is 311 g/mol. The van der Waals surface area contributed by atoms with Crippen molar-refractivity contribution in [2.45, 2.75) is 0 Å². The second-order valence-electron chi connectivity index (χ2n) is 0.671. The Labute approximate surface area is 113 Å². The molecule has 0 aromatic heterocycles. The van der Waals surface area contributed by atoms with Gasteiger partial charge in [0.05, 0.1) is 15.3 Å². The molecule has 1 radical (unpaired) electrons. The van der Waals surface area contributed by atoms with Crippen LogP contribution >= 0.6 is 0 Å². The average Bonchev–Trinajstić information content (AvgIpc) is 1.54. The Balaban J connectivity index is -0.0000000184. The van der Waals surface area contributed by atoms with E-state index in [2.05, 4.69) is 0 Å². The molecule has 0 N–H and O–H groups in total. The predicted octanol–water partition coefficient (Wildman–Crippen LogP) is -3.72. The maximum absolute atomic E-state index is 8.25. The largest absolute Gasteiger partial charge is 2.00 e. The zero-order valence-electron chi connectivity index (χ0n) is 6.67. The van der Waals surface area contributed by atoms with Crippen LogP contribution in [0.4, 0.5) is 0 Å². The third-order valence-electron chi connectivity index (χ3n) is 0. The van der Waals surface area contributed by atoms with Gasteiger partial charge in [-0.05, 0) is 0 Å². The zero-order chi connectivity index (χ0) is 10.7. The van der Waals surface area contributed by atoms with Crippen molar-refractivity contribution >= 4 is 0 Å². The van der Waals surface area contributed by atoms with Gasteiger partial charge in [-0.2, -0.15) is 0 Å². The summed E-state index contributed by atoms with van der Waals surface area (Å²) in [4.78, 5) is 24.8. The fraction of sp³-hybridized carbons (Fsp3) is 0. The third-order valence-corrected chi connectivity index (χ3v) is 0. The fourth-order valence-corrected chi connectivity index (χ4v) is 0. The van der Waals surface area contributed by atoms with E-state index in [4.69, 9.17) is 46.0 Å². The van der Waals surface area contributed by atoms with Crippen molar-refractivity contribution < 1.29 is 67.4 Å². The summed E-state index contributed by atoms with van der Waals surface area (Å²) in [5.74, 6) is 0. The molecule has 0 bridgehead atoms. The number of hydrogen-bond donors (Lipinski definition) is 0. The molecule has 12 nitrogen and oxygen atoms in total. The van der Waals surface area contributed by atoms with Gasteiger partial charge in [0, 0.05) is 16.8 Å². The first-order valence-electron chi connectivity index (χ1n) is 1.64. The second kappa shape index (κ2) is 29.2. The number of nitrogens with zero attached hydrogens (tertiary/aromatic N) is 3. The molecular formula is CoLiN3NiO9. The van der Waals surface area contributed by atoms with Crippen molar-refractivity contribution in [2.24, 2.45) is 0 Å². The third kappa shape index (κ3) is 2570. The molecule has 0 aliphatic heterocycles. The van der Waals surface area contributed by atoms with Crippen LogP contribution in [0.25, 0.3) is 0 Å². The van der Waals surface area contributed by atoms with Gasteiger partial charge >= 0.3 is 35.4 Å². The summed E-state index contributed by atoms with van der Waals surface area (Å²) in [5, 5.41) is 44.2. The number of hydrogen-bond acceptors (Lipinski definition) is 9. The molecule has 0 heterocycles. The van der Waals surface area contributed by atoms with Gasteiger partial charge in [-0.3, -0.25) is 0 Å². The first kappa shape index (κ1) is 36.8. The summed E-state index contributed by atoms with van der Waals surface area (Å²) in [7, 11) is 0. The van der Waals surface area contributed by atoms with E-state index in [0.717, 1.165) is 0 Å². The van der Waals surface area contributed by atoms with Gasteiger partial charge in [0.2, 0.25) is 0 Å². The summed E-state index contributed by atoms with van der Waals surface area (Å²) in [6, 6.07) is 0. The smallest absolute Gasteiger partial charge is 0.356 e. The summed E-state index contributed by atoms with van der Waals surface area (Å²) in [5.41, 5.74) is 0. The molecule has 0 aromatic rings. The van der Waals surface area contributed by atoms with Crippen LogP contribution in [0.3, 0.4) is 0 Å².